The summed E-state index contributed by atoms with van der Waals surface area (Å²) < 4.78 is 37.6. The molecule has 0 aliphatic heterocycles. The van der Waals surface area contributed by atoms with Gasteiger partial charge >= 0.3 is 12.1 Å². The number of halogens is 3. The number of nitrogens with one attached hydrogen (secondary N) is 1. The molecule has 0 aliphatic carbocycles. The molecule has 1 N–H and O–H groups in total. The van der Waals surface area contributed by atoms with Gasteiger partial charge in [-0.25, -0.2) is 4.98 Å². The highest BCUT2D eigenvalue weighted by atomic mass is 19.4. The van der Waals surface area contributed by atoms with Crippen LogP contribution in [0.3, 0.4) is 0 Å². The Bertz CT molecular complexity index is 577. The zero-order valence-corrected chi connectivity index (χ0v) is 9.94. The van der Waals surface area contributed by atoms with Crippen LogP contribution in [0.4, 0.5) is 13.2 Å². The van der Waals surface area contributed by atoms with Crippen molar-refractivity contribution in [1.29, 1.82) is 0 Å². The van der Waals surface area contributed by atoms with Gasteiger partial charge in [-0.15, -0.1) is 0 Å². The highest BCUT2D eigenvalue weighted by molar-refractivity contribution is 5.81. The number of hydrogen-bond donors (Lipinski definition) is 1. The van der Waals surface area contributed by atoms with Crippen LogP contribution in [0.15, 0.2) is 30.6 Å². The molecule has 0 bridgehead atoms. The van der Waals surface area contributed by atoms with Gasteiger partial charge in [0.25, 0.3) is 0 Å². The van der Waals surface area contributed by atoms with Crippen LogP contribution in [-0.4, -0.2) is 28.2 Å². The Balaban J connectivity index is 1.85. The van der Waals surface area contributed by atoms with Crippen LogP contribution >= 0.6 is 0 Å². The van der Waals surface area contributed by atoms with Gasteiger partial charge in [0.15, 0.2) is 0 Å². The van der Waals surface area contributed by atoms with Gasteiger partial charge in [-0.3, -0.25) is 4.79 Å². The Kier molecular flexibility index (Phi) is 3.73. The van der Waals surface area contributed by atoms with Crippen LogP contribution in [0, 0.1) is 0 Å². The lowest BCUT2D eigenvalue weighted by molar-refractivity contribution is -0.173. The molecule has 0 radical (unpaired) electrons. The Morgan fingerprint density at radius 3 is 2.79 bits per heavy atom. The van der Waals surface area contributed by atoms with Crippen LogP contribution < -0.4 is 5.32 Å². The third kappa shape index (κ3) is 3.24. The topological polar surface area (TPSA) is 46.9 Å². The molecule has 1 aromatic carbocycles. The van der Waals surface area contributed by atoms with Gasteiger partial charge in [-0.05, 0) is 18.6 Å². The van der Waals surface area contributed by atoms with Crippen molar-refractivity contribution in [3.05, 3.63) is 30.6 Å². The fraction of sp³-hybridized carbons (Fsp3) is 0.333. The highest BCUT2D eigenvalue weighted by Gasteiger charge is 2.38. The molecule has 0 saturated heterocycles. The second kappa shape index (κ2) is 5.29. The van der Waals surface area contributed by atoms with Crippen molar-refractivity contribution in [2.45, 2.75) is 19.1 Å². The summed E-state index contributed by atoms with van der Waals surface area (Å²) in [4.78, 5) is 14.8. The lowest BCUT2D eigenvalue weighted by Gasteiger charge is -2.08. The van der Waals surface area contributed by atoms with Crippen molar-refractivity contribution in [1.82, 2.24) is 14.9 Å². The second-order valence-electron chi connectivity index (χ2n) is 4.03. The quantitative estimate of drug-likeness (QED) is 0.866. The molecule has 1 heterocycles. The Morgan fingerprint density at radius 2 is 2.05 bits per heavy atom. The number of carbonyl (C=O) groups excluding carboxylic acids is 1. The summed E-state index contributed by atoms with van der Waals surface area (Å²) in [5, 5.41) is 1.84. The Labute approximate surface area is 107 Å². The van der Waals surface area contributed by atoms with Gasteiger partial charge in [0.05, 0.1) is 17.4 Å². The standard InChI is InChI=1S/C12H12F3N3O/c13-12(14,15)11(19)16-6-3-7-18-8-17-9-4-1-2-5-10(9)18/h1-2,4-5,8H,3,6-7H2,(H,16,19). The summed E-state index contributed by atoms with van der Waals surface area (Å²) in [7, 11) is 0. The summed E-state index contributed by atoms with van der Waals surface area (Å²) in [5.74, 6) is -1.90. The van der Waals surface area contributed by atoms with Gasteiger partial charge in [0, 0.05) is 13.1 Å². The lowest BCUT2D eigenvalue weighted by Crippen LogP contribution is -2.37. The van der Waals surface area contributed by atoms with Gasteiger partial charge in [-0.1, -0.05) is 12.1 Å². The Morgan fingerprint density at radius 1 is 1.32 bits per heavy atom. The number of aryl methyl sites for hydroxylation is 1. The van der Waals surface area contributed by atoms with E-state index in [1.54, 1.807) is 6.33 Å². The minimum Gasteiger partial charge on any atom is -0.348 e. The number of nitrogens with zero attached hydrogens (tertiary/aromatic N) is 2. The average Bonchev–Trinajstić information content (AvgIpc) is 2.76. The number of amides is 1. The minimum atomic E-state index is -4.82. The minimum absolute atomic E-state index is 0.0230. The first kappa shape index (κ1) is 13.4. The van der Waals surface area contributed by atoms with Gasteiger partial charge in [0.1, 0.15) is 0 Å². The number of imidazole rings is 1. The van der Waals surface area contributed by atoms with Crippen LogP contribution in [0.25, 0.3) is 11.0 Å². The lowest BCUT2D eigenvalue weighted by atomic mass is 10.3. The molecule has 0 aliphatic rings. The maximum atomic E-state index is 11.9. The predicted molar refractivity (Wildman–Crippen MR) is 63.4 cm³/mol. The van der Waals surface area contributed by atoms with Crippen molar-refractivity contribution < 1.29 is 18.0 Å². The van der Waals surface area contributed by atoms with E-state index in [4.69, 9.17) is 0 Å². The summed E-state index contributed by atoms with van der Waals surface area (Å²) in [6.45, 7) is 0.476. The molecule has 1 aromatic heterocycles. The monoisotopic (exact) mass is 271 g/mol. The van der Waals surface area contributed by atoms with E-state index in [1.807, 2.05) is 34.1 Å². The Hall–Kier alpha value is -2.05. The van der Waals surface area contributed by atoms with Crippen LogP contribution in [0.5, 0.6) is 0 Å². The summed E-state index contributed by atoms with van der Waals surface area (Å²) in [6, 6.07) is 7.48. The molecular weight excluding hydrogens is 259 g/mol. The van der Waals surface area contributed by atoms with E-state index in [9.17, 15) is 18.0 Å². The van der Waals surface area contributed by atoms with Crippen LogP contribution in [0.2, 0.25) is 0 Å². The SMILES string of the molecule is O=C(NCCCn1cnc2ccccc21)C(F)(F)F. The number of aromatic nitrogens is 2. The van der Waals surface area contributed by atoms with E-state index < -0.39 is 12.1 Å². The highest BCUT2D eigenvalue weighted by Crippen LogP contribution is 2.14. The van der Waals surface area contributed by atoms with E-state index in [-0.39, 0.29) is 6.54 Å². The van der Waals surface area contributed by atoms with Crippen LogP contribution in [0.1, 0.15) is 6.42 Å². The number of fused-ring (bicyclic) bond motifs is 1. The summed E-state index contributed by atoms with van der Waals surface area (Å²) in [5.41, 5.74) is 1.76. The van der Waals surface area contributed by atoms with Crippen LogP contribution in [-0.2, 0) is 11.3 Å². The zero-order chi connectivity index (χ0) is 13.9. The van der Waals surface area contributed by atoms with Gasteiger partial charge < -0.3 is 9.88 Å². The zero-order valence-electron chi connectivity index (χ0n) is 9.94. The number of carbonyl (C=O) groups is 1. The van der Waals surface area contributed by atoms with E-state index in [0.29, 0.717) is 13.0 Å². The smallest absolute Gasteiger partial charge is 0.348 e. The second-order valence-corrected chi connectivity index (χ2v) is 4.03. The summed E-state index contributed by atoms with van der Waals surface area (Å²) >= 11 is 0. The average molecular weight is 271 g/mol. The predicted octanol–water partition coefficient (Wildman–Crippen LogP) is 2.10. The van der Waals surface area contributed by atoms with Crippen molar-refractivity contribution in [3.63, 3.8) is 0 Å². The number of alkyl halides is 3. The maximum Gasteiger partial charge on any atom is 0.471 e. The van der Waals surface area contributed by atoms with Gasteiger partial charge in [-0.2, -0.15) is 13.2 Å². The van der Waals surface area contributed by atoms with E-state index in [0.717, 1.165) is 11.0 Å². The molecule has 4 nitrogen and oxygen atoms in total. The number of benzene rings is 1. The molecule has 19 heavy (non-hydrogen) atoms. The number of para-hydroxylation sites is 2. The molecule has 0 unspecified atom stereocenters. The molecule has 2 rings (SSSR count). The normalized spacial score (nSPS) is 11.7. The van der Waals surface area contributed by atoms with Crippen molar-refractivity contribution >= 4 is 16.9 Å². The first-order valence-electron chi connectivity index (χ1n) is 5.73. The third-order valence-corrected chi connectivity index (χ3v) is 2.65. The molecule has 0 fully saturated rings. The molecule has 102 valence electrons. The molecule has 0 saturated carbocycles. The van der Waals surface area contributed by atoms with Crippen molar-refractivity contribution in [3.8, 4) is 0 Å². The van der Waals surface area contributed by atoms with Crippen molar-refractivity contribution in [2.75, 3.05) is 6.54 Å². The first-order chi connectivity index (χ1) is 8.98. The summed E-state index contributed by atoms with van der Waals surface area (Å²) in [6.07, 6.45) is -2.78. The van der Waals surface area contributed by atoms with E-state index in [1.165, 1.54) is 0 Å². The third-order valence-electron chi connectivity index (χ3n) is 2.65. The molecule has 7 heteroatoms. The van der Waals surface area contributed by atoms with E-state index in [2.05, 4.69) is 4.98 Å². The molecule has 0 spiro atoms. The van der Waals surface area contributed by atoms with E-state index >= 15 is 0 Å². The number of rotatable bonds is 4. The largest absolute Gasteiger partial charge is 0.471 e. The number of hydrogen-bond acceptors (Lipinski definition) is 2. The maximum absolute atomic E-state index is 11.9. The molecule has 1 amide bonds. The molecule has 0 atom stereocenters. The van der Waals surface area contributed by atoms with Crippen molar-refractivity contribution in [2.24, 2.45) is 0 Å². The fourth-order valence-electron chi connectivity index (χ4n) is 1.74. The van der Waals surface area contributed by atoms with Gasteiger partial charge in [0.2, 0.25) is 0 Å². The fourth-order valence-corrected chi connectivity index (χ4v) is 1.74. The first-order valence-corrected chi connectivity index (χ1v) is 5.73. The molecule has 2 aromatic rings. The molecular formula is C12H12F3N3O.